The predicted molar refractivity (Wildman–Crippen MR) is 66.6 cm³/mol. The van der Waals surface area contributed by atoms with Gasteiger partial charge in [0, 0.05) is 20.3 Å². The third kappa shape index (κ3) is 3.41. The second-order valence-electron chi connectivity index (χ2n) is 4.30. The van der Waals surface area contributed by atoms with Gasteiger partial charge < -0.3 is 10.2 Å². The SMILES string of the molecule is CN1C(=O)C(C=N[C@H](CC(=O)O)C(=O)O)C(=O)N(C)C1=O. The first-order valence-electron chi connectivity index (χ1n) is 5.73. The van der Waals surface area contributed by atoms with Gasteiger partial charge in [0.05, 0.1) is 6.42 Å². The molecule has 2 N–H and O–H groups in total. The van der Waals surface area contributed by atoms with E-state index < -0.39 is 48.2 Å². The lowest BCUT2D eigenvalue weighted by Crippen LogP contribution is -2.57. The molecule has 1 rings (SSSR count). The largest absolute Gasteiger partial charge is 0.481 e. The minimum atomic E-state index is -1.61. The average Bonchev–Trinajstić information content (AvgIpc) is 2.41. The molecule has 0 radical (unpaired) electrons. The second kappa shape index (κ2) is 6.11. The van der Waals surface area contributed by atoms with E-state index in [1.54, 1.807) is 0 Å². The molecular weight excluding hydrogens is 286 g/mol. The number of imide groups is 2. The van der Waals surface area contributed by atoms with Crippen LogP contribution in [-0.4, -0.2) is 76.1 Å². The molecular formula is C11H13N3O7. The Balaban J connectivity index is 2.98. The molecule has 0 saturated carbocycles. The van der Waals surface area contributed by atoms with Crippen molar-refractivity contribution in [2.24, 2.45) is 10.9 Å². The van der Waals surface area contributed by atoms with Crippen LogP contribution in [0.2, 0.25) is 0 Å². The minimum absolute atomic E-state index is 0.699. The van der Waals surface area contributed by atoms with E-state index in [9.17, 15) is 24.0 Å². The number of nitrogens with zero attached hydrogens (tertiary/aromatic N) is 3. The Kier molecular flexibility index (Phi) is 4.74. The molecule has 114 valence electrons. The summed E-state index contributed by atoms with van der Waals surface area (Å²) >= 11 is 0. The Morgan fingerprint density at radius 3 is 2.05 bits per heavy atom. The van der Waals surface area contributed by atoms with E-state index >= 15 is 0 Å². The highest BCUT2D eigenvalue weighted by molar-refractivity contribution is 6.23. The molecule has 0 aromatic rings. The molecule has 0 bridgehead atoms. The zero-order chi connectivity index (χ0) is 16.3. The van der Waals surface area contributed by atoms with E-state index in [4.69, 9.17) is 10.2 Å². The highest BCUT2D eigenvalue weighted by atomic mass is 16.4. The molecule has 0 aromatic heterocycles. The number of rotatable bonds is 5. The summed E-state index contributed by atoms with van der Waals surface area (Å²) < 4.78 is 0. The first-order chi connectivity index (χ1) is 9.66. The lowest BCUT2D eigenvalue weighted by atomic mass is 10.1. The van der Waals surface area contributed by atoms with Crippen molar-refractivity contribution in [3.05, 3.63) is 0 Å². The van der Waals surface area contributed by atoms with Crippen LogP contribution in [0.3, 0.4) is 0 Å². The molecule has 0 aromatic carbocycles. The number of carbonyl (C=O) groups is 5. The summed E-state index contributed by atoms with van der Waals surface area (Å²) in [7, 11) is 2.33. The van der Waals surface area contributed by atoms with E-state index in [1.165, 1.54) is 14.1 Å². The Morgan fingerprint density at radius 2 is 1.67 bits per heavy atom. The van der Waals surface area contributed by atoms with E-state index in [2.05, 4.69) is 4.99 Å². The van der Waals surface area contributed by atoms with Crippen LogP contribution < -0.4 is 0 Å². The molecule has 10 heteroatoms. The predicted octanol–water partition coefficient (Wildman–Crippen LogP) is -1.35. The number of carboxylic acid groups (broad SMARTS) is 2. The normalized spacial score (nSPS) is 18.5. The van der Waals surface area contributed by atoms with E-state index in [1.807, 2.05) is 0 Å². The number of barbiturate groups is 1. The van der Waals surface area contributed by atoms with Crippen molar-refractivity contribution >= 4 is 36.0 Å². The monoisotopic (exact) mass is 299 g/mol. The highest BCUT2D eigenvalue weighted by Gasteiger charge is 2.41. The quantitative estimate of drug-likeness (QED) is 0.471. The number of carbonyl (C=O) groups excluding carboxylic acids is 3. The Bertz CT molecular complexity index is 518. The molecule has 1 saturated heterocycles. The third-order valence-electron chi connectivity index (χ3n) is 2.84. The van der Waals surface area contributed by atoms with Crippen molar-refractivity contribution in [3.8, 4) is 0 Å². The van der Waals surface area contributed by atoms with Crippen LogP contribution in [0.15, 0.2) is 4.99 Å². The van der Waals surface area contributed by atoms with Crippen molar-refractivity contribution in [1.82, 2.24) is 9.80 Å². The molecule has 10 nitrogen and oxygen atoms in total. The van der Waals surface area contributed by atoms with E-state index in [-0.39, 0.29) is 0 Å². The van der Waals surface area contributed by atoms with Crippen LogP contribution >= 0.6 is 0 Å². The molecule has 0 unspecified atom stereocenters. The van der Waals surface area contributed by atoms with Gasteiger partial charge in [-0.15, -0.1) is 0 Å². The summed E-state index contributed by atoms with van der Waals surface area (Å²) in [5.41, 5.74) is 0. The summed E-state index contributed by atoms with van der Waals surface area (Å²) in [5, 5.41) is 17.4. The zero-order valence-corrected chi connectivity index (χ0v) is 11.2. The summed E-state index contributed by atoms with van der Waals surface area (Å²) in [5.74, 6) is -6.04. The third-order valence-corrected chi connectivity index (χ3v) is 2.84. The lowest BCUT2D eigenvalue weighted by molar-refractivity contribution is -0.145. The van der Waals surface area contributed by atoms with Crippen LogP contribution in [0, 0.1) is 5.92 Å². The van der Waals surface area contributed by atoms with Crippen LogP contribution in [0.5, 0.6) is 0 Å². The molecule has 0 aliphatic carbocycles. The molecule has 1 atom stereocenters. The second-order valence-corrected chi connectivity index (χ2v) is 4.30. The number of aliphatic imine (C=N–C) groups is 1. The summed E-state index contributed by atoms with van der Waals surface area (Å²) in [6, 6.07) is -2.42. The van der Waals surface area contributed by atoms with Crippen molar-refractivity contribution in [3.63, 3.8) is 0 Å². The first kappa shape index (κ1) is 16.3. The summed E-state index contributed by atoms with van der Waals surface area (Å²) in [6.07, 6.45) is -0.0165. The van der Waals surface area contributed by atoms with Gasteiger partial charge in [0.25, 0.3) is 0 Å². The van der Waals surface area contributed by atoms with Gasteiger partial charge in [-0.25, -0.2) is 9.59 Å². The number of aliphatic carboxylic acids is 2. The average molecular weight is 299 g/mol. The van der Waals surface area contributed by atoms with Crippen molar-refractivity contribution in [1.29, 1.82) is 0 Å². The van der Waals surface area contributed by atoms with Crippen LogP contribution in [-0.2, 0) is 19.2 Å². The molecule has 1 fully saturated rings. The fourth-order valence-corrected chi connectivity index (χ4v) is 1.62. The Labute approximate surface area is 118 Å². The van der Waals surface area contributed by atoms with E-state index in [0.717, 1.165) is 6.21 Å². The Morgan fingerprint density at radius 1 is 1.19 bits per heavy atom. The van der Waals surface area contributed by atoms with Crippen LogP contribution in [0.4, 0.5) is 4.79 Å². The lowest BCUT2D eigenvalue weighted by Gasteiger charge is -2.31. The smallest absolute Gasteiger partial charge is 0.332 e. The van der Waals surface area contributed by atoms with Crippen molar-refractivity contribution in [2.45, 2.75) is 12.5 Å². The maximum Gasteiger partial charge on any atom is 0.332 e. The highest BCUT2D eigenvalue weighted by Crippen LogP contribution is 2.14. The molecule has 1 aliphatic heterocycles. The maximum atomic E-state index is 11.8. The summed E-state index contributed by atoms with van der Waals surface area (Å²) in [6.45, 7) is 0. The topological polar surface area (TPSA) is 145 Å². The van der Waals surface area contributed by atoms with Crippen LogP contribution in [0.1, 0.15) is 6.42 Å². The number of amides is 4. The molecule has 1 heterocycles. The molecule has 0 spiro atoms. The molecule has 4 amide bonds. The standard InChI is InChI=1S/C11H13N3O7/c1-13-8(17)5(9(18)14(2)11(13)21)4-12-6(10(19)20)3-7(15)16/h4-6H,3H2,1-2H3,(H,15,16)(H,19,20)/t6-/m1/s1. The Hall–Kier alpha value is -2.78. The van der Waals surface area contributed by atoms with Gasteiger partial charge in [0.1, 0.15) is 0 Å². The van der Waals surface area contributed by atoms with Crippen LogP contribution in [0.25, 0.3) is 0 Å². The number of urea groups is 1. The van der Waals surface area contributed by atoms with Gasteiger partial charge in [0.15, 0.2) is 12.0 Å². The van der Waals surface area contributed by atoms with Crippen molar-refractivity contribution < 1.29 is 34.2 Å². The number of carboxylic acids is 2. The fraction of sp³-hybridized carbons (Fsp3) is 0.455. The summed E-state index contributed by atoms with van der Waals surface area (Å²) in [4.78, 5) is 61.3. The van der Waals surface area contributed by atoms with Gasteiger partial charge in [-0.2, -0.15) is 0 Å². The van der Waals surface area contributed by atoms with Gasteiger partial charge in [-0.1, -0.05) is 0 Å². The fourth-order valence-electron chi connectivity index (χ4n) is 1.62. The van der Waals surface area contributed by atoms with Crippen molar-refractivity contribution in [2.75, 3.05) is 14.1 Å². The van der Waals surface area contributed by atoms with E-state index in [0.29, 0.717) is 9.80 Å². The molecule has 1 aliphatic rings. The molecule has 21 heavy (non-hydrogen) atoms. The van der Waals surface area contributed by atoms with Gasteiger partial charge >= 0.3 is 18.0 Å². The number of hydrogen-bond donors (Lipinski definition) is 2. The maximum absolute atomic E-state index is 11.8. The minimum Gasteiger partial charge on any atom is -0.481 e. The van der Waals surface area contributed by atoms with Gasteiger partial charge in [-0.3, -0.25) is 29.2 Å². The number of hydrogen-bond acceptors (Lipinski definition) is 6. The zero-order valence-electron chi connectivity index (χ0n) is 11.2. The van der Waals surface area contributed by atoms with Gasteiger partial charge in [0.2, 0.25) is 11.8 Å². The van der Waals surface area contributed by atoms with Gasteiger partial charge in [-0.05, 0) is 0 Å². The first-order valence-corrected chi connectivity index (χ1v) is 5.73.